The number of methoxy groups -OCH3 is 1. The predicted molar refractivity (Wildman–Crippen MR) is 84.6 cm³/mol. The number of carbonyl (C=O) groups excluding carboxylic acids is 1. The summed E-state index contributed by atoms with van der Waals surface area (Å²) in [6.45, 7) is 1.87. The van der Waals surface area contributed by atoms with Crippen molar-refractivity contribution in [1.29, 1.82) is 0 Å². The van der Waals surface area contributed by atoms with Gasteiger partial charge in [0.2, 0.25) is 0 Å². The number of carbonyl (C=O) groups is 1. The van der Waals surface area contributed by atoms with E-state index < -0.39 is 0 Å². The first-order valence-corrected chi connectivity index (χ1v) is 6.75. The van der Waals surface area contributed by atoms with Gasteiger partial charge in [-0.25, -0.2) is 4.79 Å². The Morgan fingerprint density at radius 3 is 2.36 bits per heavy atom. The molecule has 1 aromatic heterocycles. The molecule has 3 aromatic rings. The van der Waals surface area contributed by atoms with Crippen molar-refractivity contribution in [1.82, 2.24) is 9.97 Å². The second-order valence-electron chi connectivity index (χ2n) is 4.97. The van der Waals surface area contributed by atoms with E-state index in [1.165, 1.54) is 0 Å². The van der Waals surface area contributed by atoms with Gasteiger partial charge < -0.3 is 20.0 Å². The van der Waals surface area contributed by atoms with Crippen LogP contribution in [0.1, 0.15) is 15.9 Å². The quantitative estimate of drug-likeness (QED) is 0.694. The Morgan fingerprint density at radius 2 is 1.73 bits per heavy atom. The topological polar surface area (TPSA) is 87.0 Å². The highest BCUT2D eigenvalue weighted by atomic mass is 16.5. The molecule has 6 nitrogen and oxygen atoms in total. The van der Waals surface area contributed by atoms with E-state index in [2.05, 4.69) is 15.3 Å². The molecular formula is C16H15N3O3. The standard InChI is InChI=1S/C16H15N3O3/c1-9-7-13-14(19-16(21)18-13)8-12(9)17-15(20)10-3-5-11(22-2)6-4-10/h3-8H,1-2H3,(H,17,20)(H2,18,19,21). The molecule has 0 radical (unpaired) electrons. The first-order valence-electron chi connectivity index (χ1n) is 6.75. The highest BCUT2D eigenvalue weighted by molar-refractivity contribution is 6.05. The van der Waals surface area contributed by atoms with Gasteiger partial charge >= 0.3 is 5.69 Å². The molecule has 0 aliphatic rings. The van der Waals surface area contributed by atoms with Crippen LogP contribution in [-0.4, -0.2) is 23.0 Å². The number of nitrogens with one attached hydrogen (secondary N) is 3. The normalized spacial score (nSPS) is 10.6. The number of ether oxygens (including phenoxy) is 1. The lowest BCUT2D eigenvalue weighted by atomic mass is 10.1. The summed E-state index contributed by atoms with van der Waals surface area (Å²) < 4.78 is 5.07. The summed E-state index contributed by atoms with van der Waals surface area (Å²) in [6, 6.07) is 10.4. The van der Waals surface area contributed by atoms with Gasteiger partial charge in [-0.2, -0.15) is 0 Å². The molecule has 0 unspecified atom stereocenters. The Hall–Kier alpha value is -3.02. The van der Waals surface area contributed by atoms with Crippen LogP contribution in [0.3, 0.4) is 0 Å². The van der Waals surface area contributed by atoms with Crippen LogP contribution in [0.4, 0.5) is 5.69 Å². The number of rotatable bonds is 3. The van der Waals surface area contributed by atoms with Crippen LogP contribution >= 0.6 is 0 Å². The first kappa shape index (κ1) is 13.9. The van der Waals surface area contributed by atoms with Gasteiger partial charge in [0.1, 0.15) is 5.75 Å². The fourth-order valence-electron chi connectivity index (χ4n) is 2.26. The summed E-state index contributed by atoms with van der Waals surface area (Å²) in [6.07, 6.45) is 0. The summed E-state index contributed by atoms with van der Waals surface area (Å²) in [7, 11) is 1.57. The number of anilines is 1. The zero-order chi connectivity index (χ0) is 15.7. The zero-order valence-corrected chi connectivity index (χ0v) is 12.2. The van der Waals surface area contributed by atoms with Crippen molar-refractivity contribution in [2.24, 2.45) is 0 Å². The molecule has 1 heterocycles. The maximum atomic E-state index is 12.3. The van der Waals surface area contributed by atoms with Crippen molar-refractivity contribution in [3.8, 4) is 5.75 Å². The van der Waals surface area contributed by atoms with Crippen LogP contribution in [0.2, 0.25) is 0 Å². The molecule has 0 aliphatic heterocycles. The Labute approximate surface area is 126 Å². The molecule has 3 N–H and O–H groups in total. The van der Waals surface area contributed by atoms with E-state index in [0.29, 0.717) is 28.0 Å². The zero-order valence-electron chi connectivity index (χ0n) is 12.2. The van der Waals surface area contributed by atoms with E-state index in [1.54, 1.807) is 37.4 Å². The fourth-order valence-corrected chi connectivity index (χ4v) is 2.26. The summed E-state index contributed by atoms with van der Waals surface area (Å²) in [5, 5.41) is 2.85. The molecule has 0 fully saturated rings. The van der Waals surface area contributed by atoms with E-state index in [1.807, 2.05) is 13.0 Å². The molecule has 1 amide bonds. The Bertz CT molecular complexity index is 891. The lowest BCUT2D eigenvalue weighted by Crippen LogP contribution is -2.12. The summed E-state index contributed by atoms with van der Waals surface area (Å²) in [5.74, 6) is 0.474. The van der Waals surface area contributed by atoms with Crippen LogP contribution in [0, 0.1) is 6.92 Å². The molecule has 112 valence electrons. The molecule has 0 saturated heterocycles. The number of aryl methyl sites for hydroxylation is 1. The van der Waals surface area contributed by atoms with Gasteiger partial charge in [0.15, 0.2) is 0 Å². The summed E-state index contributed by atoms with van der Waals surface area (Å²) >= 11 is 0. The number of H-pyrrole nitrogens is 2. The molecule has 6 heteroatoms. The van der Waals surface area contributed by atoms with Crippen LogP contribution < -0.4 is 15.7 Å². The van der Waals surface area contributed by atoms with Crippen molar-refractivity contribution in [3.05, 3.63) is 58.0 Å². The number of hydrogen-bond donors (Lipinski definition) is 3. The van der Waals surface area contributed by atoms with Gasteiger partial charge in [-0.15, -0.1) is 0 Å². The minimum atomic E-state index is -0.270. The monoisotopic (exact) mass is 297 g/mol. The predicted octanol–water partition coefficient (Wildman–Crippen LogP) is 2.43. The Morgan fingerprint density at radius 1 is 1.09 bits per heavy atom. The van der Waals surface area contributed by atoms with E-state index in [0.717, 1.165) is 5.56 Å². The molecule has 22 heavy (non-hydrogen) atoms. The van der Waals surface area contributed by atoms with Crippen LogP contribution in [-0.2, 0) is 0 Å². The maximum absolute atomic E-state index is 12.3. The SMILES string of the molecule is COc1ccc(C(=O)Nc2cc3[nH]c(=O)[nH]c3cc2C)cc1. The lowest BCUT2D eigenvalue weighted by Gasteiger charge is -2.09. The molecule has 3 rings (SSSR count). The number of fused-ring (bicyclic) bond motifs is 1. The Kier molecular flexibility index (Phi) is 3.42. The molecule has 0 atom stereocenters. The second-order valence-corrected chi connectivity index (χ2v) is 4.97. The van der Waals surface area contributed by atoms with Gasteiger partial charge in [-0.1, -0.05) is 0 Å². The van der Waals surface area contributed by atoms with Crippen LogP contribution in [0.5, 0.6) is 5.75 Å². The fraction of sp³-hybridized carbons (Fsp3) is 0.125. The van der Waals surface area contributed by atoms with Crippen LogP contribution in [0.15, 0.2) is 41.2 Å². The summed E-state index contributed by atoms with van der Waals surface area (Å²) in [5.41, 5.74) is 3.15. The van der Waals surface area contributed by atoms with Crippen molar-refractivity contribution in [3.63, 3.8) is 0 Å². The molecule has 0 saturated carbocycles. The van der Waals surface area contributed by atoms with Gasteiger partial charge in [-0.05, 0) is 48.9 Å². The third-order valence-electron chi connectivity index (χ3n) is 3.46. The minimum absolute atomic E-state index is 0.219. The average Bonchev–Trinajstić information content (AvgIpc) is 2.86. The third-order valence-corrected chi connectivity index (χ3v) is 3.46. The van der Waals surface area contributed by atoms with E-state index >= 15 is 0 Å². The second kappa shape index (κ2) is 5.40. The highest BCUT2D eigenvalue weighted by Crippen LogP contribution is 2.21. The van der Waals surface area contributed by atoms with Gasteiger partial charge in [0.25, 0.3) is 5.91 Å². The molecule has 0 spiro atoms. The maximum Gasteiger partial charge on any atom is 0.323 e. The summed E-state index contributed by atoms with van der Waals surface area (Å²) in [4.78, 5) is 28.9. The van der Waals surface area contributed by atoms with Gasteiger partial charge in [0.05, 0.1) is 18.1 Å². The number of benzene rings is 2. The number of aromatic amines is 2. The molecule has 0 aliphatic carbocycles. The van der Waals surface area contributed by atoms with Crippen molar-refractivity contribution in [2.45, 2.75) is 6.92 Å². The Balaban J connectivity index is 1.89. The van der Waals surface area contributed by atoms with E-state index in [-0.39, 0.29) is 11.6 Å². The number of imidazole rings is 1. The van der Waals surface area contributed by atoms with Gasteiger partial charge in [0, 0.05) is 11.3 Å². The highest BCUT2D eigenvalue weighted by Gasteiger charge is 2.10. The molecular weight excluding hydrogens is 282 g/mol. The van der Waals surface area contributed by atoms with Crippen molar-refractivity contribution in [2.75, 3.05) is 12.4 Å². The van der Waals surface area contributed by atoms with Crippen LogP contribution in [0.25, 0.3) is 11.0 Å². The van der Waals surface area contributed by atoms with Crippen molar-refractivity contribution < 1.29 is 9.53 Å². The third kappa shape index (κ3) is 2.58. The average molecular weight is 297 g/mol. The number of amides is 1. The minimum Gasteiger partial charge on any atom is -0.497 e. The largest absolute Gasteiger partial charge is 0.497 e. The first-order chi connectivity index (χ1) is 10.6. The smallest absolute Gasteiger partial charge is 0.323 e. The molecule has 2 aromatic carbocycles. The number of aromatic nitrogens is 2. The van der Waals surface area contributed by atoms with E-state index in [4.69, 9.17) is 4.74 Å². The lowest BCUT2D eigenvalue weighted by molar-refractivity contribution is 0.102. The number of hydrogen-bond acceptors (Lipinski definition) is 3. The van der Waals surface area contributed by atoms with E-state index in [9.17, 15) is 9.59 Å². The molecule has 0 bridgehead atoms. The van der Waals surface area contributed by atoms with Gasteiger partial charge in [-0.3, -0.25) is 4.79 Å². The van der Waals surface area contributed by atoms with Crippen molar-refractivity contribution >= 4 is 22.6 Å².